The van der Waals surface area contributed by atoms with Crippen molar-refractivity contribution in [2.24, 2.45) is 5.92 Å². The normalized spacial score (nSPS) is 11.6. The highest BCUT2D eigenvalue weighted by Crippen LogP contribution is 2.13. The summed E-state index contributed by atoms with van der Waals surface area (Å²) in [4.78, 5) is 34.7. The van der Waals surface area contributed by atoms with Crippen LogP contribution in [0.15, 0.2) is 24.3 Å². The summed E-state index contributed by atoms with van der Waals surface area (Å²) >= 11 is 0. The lowest BCUT2D eigenvalue weighted by atomic mass is 9.96. The van der Waals surface area contributed by atoms with Gasteiger partial charge in [-0.25, -0.2) is 0 Å². The molecule has 0 saturated heterocycles. The van der Waals surface area contributed by atoms with Gasteiger partial charge in [0, 0.05) is 25.9 Å². The Hall–Kier alpha value is -2.37. The first kappa shape index (κ1) is 20.7. The molecule has 1 atom stereocenters. The van der Waals surface area contributed by atoms with Gasteiger partial charge in [0.2, 0.25) is 11.8 Å². The Morgan fingerprint density at radius 1 is 1.08 bits per heavy atom. The average Bonchev–Trinajstić information content (AvgIpc) is 2.58. The van der Waals surface area contributed by atoms with Crippen molar-refractivity contribution in [3.05, 3.63) is 35.4 Å². The van der Waals surface area contributed by atoms with E-state index in [1.807, 2.05) is 38.1 Å². The first-order valence-electron chi connectivity index (χ1n) is 8.74. The number of carboxylic acids is 1. The summed E-state index contributed by atoms with van der Waals surface area (Å²) in [5.74, 6) is -1.88. The third-order valence-electron chi connectivity index (χ3n) is 4.00. The van der Waals surface area contributed by atoms with E-state index in [2.05, 4.69) is 10.6 Å². The topological polar surface area (TPSA) is 95.5 Å². The minimum absolute atomic E-state index is 0.0578. The minimum Gasteiger partial charge on any atom is -0.481 e. The molecule has 3 N–H and O–H groups in total. The monoisotopic (exact) mass is 348 g/mol. The number of aryl methyl sites for hydroxylation is 1. The van der Waals surface area contributed by atoms with Gasteiger partial charge in [-0.15, -0.1) is 0 Å². The summed E-state index contributed by atoms with van der Waals surface area (Å²) in [6, 6.07) is 7.63. The molecule has 0 aromatic heterocycles. The van der Waals surface area contributed by atoms with Crippen molar-refractivity contribution in [2.75, 3.05) is 13.1 Å². The maximum Gasteiger partial charge on any atom is 0.308 e. The van der Waals surface area contributed by atoms with E-state index in [0.717, 1.165) is 17.5 Å². The van der Waals surface area contributed by atoms with Crippen LogP contribution in [0.3, 0.4) is 0 Å². The van der Waals surface area contributed by atoms with E-state index in [4.69, 9.17) is 0 Å². The van der Waals surface area contributed by atoms with Crippen LogP contribution < -0.4 is 10.6 Å². The number of rotatable bonds is 11. The predicted octanol–water partition coefficient (Wildman–Crippen LogP) is 2.05. The predicted molar refractivity (Wildman–Crippen MR) is 96.2 cm³/mol. The van der Waals surface area contributed by atoms with Gasteiger partial charge in [-0.1, -0.05) is 31.2 Å². The number of carboxylic acid groups (broad SMARTS) is 1. The molecule has 25 heavy (non-hydrogen) atoms. The maximum atomic E-state index is 11.8. The molecule has 1 aromatic rings. The largest absolute Gasteiger partial charge is 0.481 e. The first-order chi connectivity index (χ1) is 11.9. The molecule has 0 heterocycles. The van der Waals surface area contributed by atoms with Crippen LogP contribution in [0.1, 0.15) is 43.7 Å². The van der Waals surface area contributed by atoms with Gasteiger partial charge in [0.15, 0.2) is 0 Å². The summed E-state index contributed by atoms with van der Waals surface area (Å²) in [6.45, 7) is 4.65. The van der Waals surface area contributed by atoms with Gasteiger partial charge in [-0.2, -0.15) is 0 Å². The molecule has 6 nitrogen and oxygen atoms in total. The molecule has 1 rings (SSSR count). The van der Waals surface area contributed by atoms with Crippen molar-refractivity contribution in [3.63, 3.8) is 0 Å². The van der Waals surface area contributed by atoms with E-state index in [1.54, 1.807) is 0 Å². The molecular weight excluding hydrogens is 320 g/mol. The standard InChI is InChI=1S/C19H28N2O4/c1-3-11-20-17(22)9-6-10-18(23)21-13-16(19(24)25)12-15-8-5-4-7-14(15)2/h4-5,7-8,16H,3,6,9-13H2,1-2H3,(H,20,22)(H,21,23)(H,24,25)/t16-/m1/s1. The fourth-order valence-corrected chi connectivity index (χ4v) is 2.44. The van der Waals surface area contributed by atoms with Crippen LogP contribution in [0.5, 0.6) is 0 Å². The van der Waals surface area contributed by atoms with Crippen LogP contribution in [0.4, 0.5) is 0 Å². The number of hydrogen-bond acceptors (Lipinski definition) is 3. The Morgan fingerprint density at radius 3 is 2.32 bits per heavy atom. The van der Waals surface area contributed by atoms with Crippen molar-refractivity contribution >= 4 is 17.8 Å². The van der Waals surface area contributed by atoms with E-state index in [9.17, 15) is 19.5 Å². The van der Waals surface area contributed by atoms with Crippen molar-refractivity contribution in [3.8, 4) is 0 Å². The molecule has 0 spiro atoms. The highest BCUT2D eigenvalue weighted by Gasteiger charge is 2.19. The smallest absolute Gasteiger partial charge is 0.308 e. The van der Waals surface area contributed by atoms with Crippen molar-refractivity contribution < 1.29 is 19.5 Å². The Kier molecular flexibility index (Phi) is 9.29. The number of hydrogen-bond donors (Lipinski definition) is 3. The van der Waals surface area contributed by atoms with Crippen LogP contribution in [-0.2, 0) is 20.8 Å². The van der Waals surface area contributed by atoms with E-state index in [-0.39, 0.29) is 24.8 Å². The Labute approximate surface area is 149 Å². The van der Waals surface area contributed by atoms with Crippen LogP contribution in [0.2, 0.25) is 0 Å². The lowest BCUT2D eigenvalue weighted by Crippen LogP contribution is -2.34. The zero-order valence-corrected chi connectivity index (χ0v) is 15.0. The number of aliphatic carboxylic acids is 1. The SMILES string of the molecule is CCCNC(=O)CCCC(=O)NC[C@@H](Cc1ccccc1C)C(=O)O. The second-order valence-corrected chi connectivity index (χ2v) is 6.17. The molecule has 0 saturated carbocycles. The third kappa shape index (κ3) is 8.33. The van der Waals surface area contributed by atoms with Gasteiger partial charge >= 0.3 is 5.97 Å². The Morgan fingerprint density at radius 2 is 1.72 bits per heavy atom. The molecule has 0 unspecified atom stereocenters. The van der Waals surface area contributed by atoms with Gasteiger partial charge in [0.25, 0.3) is 0 Å². The average molecular weight is 348 g/mol. The summed E-state index contributed by atoms with van der Waals surface area (Å²) in [5.41, 5.74) is 2.01. The molecule has 6 heteroatoms. The number of nitrogens with one attached hydrogen (secondary N) is 2. The zero-order valence-electron chi connectivity index (χ0n) is 15.0. The number of amides is 2. The fourth-order valence-electron chi connectivity index (χ4n) is 2.44. The van der Waals surface area contributed by atoms with Crippen molar-refractivity contribution in [2.45, 2.75) is 46.0 Å². The summed E-state index contributed by atoms with van der Waals surface area (Å²) in [6.07, 6.45) is 2.23. The highest BCUT2D eigenvalue weighted by atomic mass is 16.4. The summed E-state index contributed by atoms with van der Waals surface area (Å²) < 4.78 is 0. The maximum absolute atomic E-state index is 11.8. The number of benzene rings is 1. The van der Waals surface area contributed by atoms with E-state index in [1.165, 1.54) is 0 Å². The molecule has 1 aromatic carbocycles. The third-order valence-corrected chi connectivity index (χ3v) is 4.00. The molecule has 138 valence electrons. The zero-order chi connectivity index (χ0) is 18.7. The lowest BCUT2D eigenvalue weighted by Gasteiger charge is -2.15. The number of carbonyl (C=O) groups excluding carboxylic acids is 2. The minimum atomic E-state index is -0.928. The molecule has 0 radical (unpaired) electrons. The molecule has 0 aliphatic carbocycles. The van der Waals surface area contributed by atoms with Crippen molar-refractivity contribution in [1.29, 1.82) is 0 Å². The van der Waals surface area contributed by atoms with Gasteiger partial charge in [0.05, 0.1) is 5.92 Å². The van der Waals surface area contributed by atoms with Gasteiger partial charge in [-0.3, -0.25) is 14.4 Å². The first-order valence-corrected chi connectivity index (χ1v) is 8.74. The Bertz CT molecular complexity index is 587. The van der Waals surface area contributed by atoms with Crippen LogP contribution in [0.25, 0.3) is 0 Å². The second kappa shape index (κ2) is 11.2. The van der Waals surface area contributed by atoms with E-state index in [0.29, 0.717) is 25.8 Å². The van der Waals surface area contributed by atoms with E-state index < -0.39 is 11.9 Å². The van der Waals surface area contributed by atoms with E-state index >= 15 is 0 Å². The molecule has 2 amide bonds. The van der Waals surface area contributed by atoms with Gasteiger partial charge in [-0.05, 0) is 37.3 Å². The molecule has 0 bridgehead atoms. The summed E-state index contributed by atoms with van der Waals surface area (Å²) in [5, 5.41) is 14.8. The fraction of sp³-hybridized carbons (Fsp3) is 0.526. The van der Waals surface area contributed by atoms with Crippen LogP contribution in [-0.4, -0.2) is 36.0 Å². The van der Waals surface area contributed by atoms with Gasteiger partial charge < -0.3 is 15.7 Å². The van der Waals surface area contributed by atoms with Crippen molar-refractivity contribution in [1.82, 2.24) is 10.6 Å². The quantitative estimate of drug-likeness (QED) is 0.570. The molecular formula is C19H28N2O4. The van der Waals surface area contributed by atoms with Gasteiger partial charge in [0.1, 0.15) is 0 Å². The summed E-state index contributed by atoms with van der Waals surface area (Å²) in [7, 11) is 0. The Balaban J connectivity index is 2.37. The highest BCUT2D eigenvalue weighted by molar-refractivity contribution is 5.79. The lowest BCUT2D eigenvalue weighted by molar-refractivity contribution is -0.141. The molecule has 0 aliphatic rings. The van der Waals surface area contributed by atoms with Crippen LogP contribution >= 0.6 is 0 Å². The molecule has 0 fully saturated rings. The molecule has 0 aliphatic heterocycles. The second-order valence-electron chi connectivity index (χ2n) is 6.17. The number of carbonyl (C=O) groups is 3. The van der Waals surface area contributed by atoms with Crippen LogP contribution in [0, 0.1) is 12.8 Å².